The van der Waals surface area contributed by atoms with Crippen molar-refractivity contribution in [3.05, 3.63) is 21.2 Å². The number of aliphatic hydroxyl groups is 1. The second-order valence-electron chi connectivity index (χ2n) is 4.97. The van der Waals surface area contributed by atoms with E-state index in [4.69, 9.17) is 5.11 Å². The Kier molecular flexibility index (Phi) is 4.70. The van der Waals surface area contributed by atoms with Crippen LogP contribution in [0.1, 0.15) is 27.2 Å². The summed E-state index contributed by atoms with van der Waals surface area (Å²) in [4.78, 5) is 18.0. The molecule has 0 aliphatic rings. The fourth-order valence-corrected chi connectivity index (χ4v) is 1.83. The van der Waals surface area contributed by atoms with Gasteiger partial charge in [0.2, 0.25) is 0 Å². The van der Waals surface area contributed by atoms with Crippen LogP contribution in [-0.4, -0.2) is 27.7 Å². The second-order valence-corrected chi connectivity index (χ2v) is 5.76. The Bertz CT molecular complexity index is 425. The van der Waals surface area contributed by atoms with Crippen LogP contribution in [-0.2, 0) is 0 Å². The van der Waals surface area contributed by atoms with E-state index in [1.165, 1.54) is 6.33 Å². The van der Waals surface area contributed by atoms with Gasteiger partial charge in [-0.15, -0.1) is 0 Å². The monoisotopic (exact) mass is 303 g/mol. The number of anilines is 1. The molecular formula is C11H18BrN3O2. The van der Waals surface area contributed by atoms with Crippen LogP contribution in [0, 0.1) is 5.41 Å². The molecule has 3 N–H and O–H groups in total. The summed E-state index contributed by atoms with van der Waals surface area (Å²) in [6.07, 6.45) is 1.96. The summed E-state index contributed by atoms with van der Waals surface area (Å²) in [6, 6.07) is 0.0399. The average Bonchev–Trinajstić information content (AvgIpc) is 2.22. The van der Waals surface area contributed by atoms with E-state index in [2.05, 4.69) is 52.0 Å². The van der Waals surface area contributed by atoms with Gasteiger partial charge in [0.15, 0.2) is 0 Å². The molecule has 0 bridgehead atoms. The summed E-state index contributed by atoms with van der Waals surface area (Å²) in [7, 11) is 0. The number of aliphatic hydroxyl groups excluding tert-OH is 1. The highest BCUT2D eigenvalue weighted by atomic mass is 79.9. The standard InChI is InChI=1S/C11H18BrN3O2/c1-11(2,3)7(4-5-16)15-9-8(12)10(17)14-6-13-9/h6-7,16H,4-5H2,1-3H3,(H2,13,14,15,17). The third-order valence-corrected chi connectivity index (χ3v) is 3.31. The first-order valence-electron chi connectivity index (χ1n) is 5.47. The normalized spacial score (nSPS) is 13.5. The van der Waals surface area contributed by atoms with E-state index in [9.17, 15) is 4.79 Å². The quantitative estimate of drug-likeness (QED) is 0.792. The Morgan fingerprint density at radius 2 is 2.24 bits per heavy atom. The van der Waals surface area contributed by atoms with Crippen molar-refractivity contribution >= 4 is 21.7 Å². The minimum atomic E-state index is -0.223. The van der Waals surface area contributed by atoms with Crippen LogP contribution in [0.15, 0.2) is 15.6 Å². The third-order valence-electron chi connectivity index (χ3n) is 2.57. The van der Waals surface area contributed by atoms with Gasteiger partial charge in [0.1, 0.15) is 10.3 Å². The number of hydrogen-bond acceptors (Lipinski definition) is 4. The summed E-state index contributed by atoms with van der Waals surface area (Å²) in [5.41, 5.74) is -0.258. The first-order chi connectivity index (χ1) is 7.86. The van der Waals surface area contributed by atoms with Crippen LogP contribution >= 0.6 is 15.9 Å². The maximum atomic E-state index is 11.4. The predicted octanol–water partition coefficient (Wildman–Crippen LogP) is 1.74. The van der Waals surface area contributed by atoms with Crippen molar-refractivity contribution < 1.29 is 5.11 Å². The zero-order valence-corrected chi connectivity index (χ0v) is 11.8. The molecule has 0 amide bonds. The van der Waals surface area contributed by atoms with Crippen molar-refractivity contribution in [3.63, 3.8) is 0 Å². The molecule has 17 heavy (non-hydrogen) atoms. The number of hydrogen-bond donors (Lipinski definition) is 3. The van der Waals surface area contributed by atoms with Gasteiger partial charge >= 0.3 is 0 Å². The van der Waals surface area contributed by atoms with Crippen molar-refractivity contribution in [2.24, 2.45) is 5.41 Å². The maximum Gasteiger partial charge on any atom is 0.267 e. The molecule has 0 fully saturated rings. The SMILES string of the molecule is CC(C)(C)C(CCO)Nc1nc[nH]c(=O)c1Br. The molecule has 0 aliphatic carbocycles. The average molecular weight is 304 g/mol. The molecule has 96 valence electrons. The summed E-state index contributed by atoms with van der Waals surface area (Å²) in [5, 5.41) is 12.3. The van der Waals surface area contributed by atoms with Crippen LogP contribution in [0.4, 0.5) is 5.82 Å². The Balaban J connectivity index is 2.94. The number of halogens is 1. The lowest BCUT2D eigenvalue weighted by Crippen LogP contribution is -2.35. The Morgan fingerprint density at radius 1 is 1.59 bits per heavy atom. The van der Waals surface area contributed by atoms with Crippen molar-refractivity contribution in [1.29, 1.82) is 0 Å². The lowest BCUT2D eigenvalue weighted by Gasteiger charge is -2.31. The fourth-order valence-electron chi connectivity index (χ4n) is 1.50. The number of H-pyrrole nitrogens is 1. The molecule has 1 aromatic rings. The zero-order chi connectivity index (χ0) is 13.1. The summed E-state index contributed by atoms with van der Waals surface area (Å²) in [5.74, 6) is 0.502. The van der Waals surface area contributed by atoms with E-state index in [1.807, 2.05) is 0 Å². The van der Waals surface area contributed by atoms with Crippen molar-refractivity contribution in [2.45, 2.75) is 33.2 Å². The lowest BCUT2D eigenvalue weighted by atomic mass is 9.85. The van der Waals surface area contributed by atoms with E-state index in [0.717, 1.165) is 0 Å². The van der Waals surface area contributed by atoms with Crippen LogP contribution in [0.3, 0.4) is 0 Å². The van der Waals surface area contributed by atoms with E-state index < -0.39 is 0 Å². The third kappa shape index (κ3) is 3.81. The van der Waals surface area contributed by atoms with E-state index in [-0.39, 0.29) is 23.6 Å². The van der Waals surface area contributed by atoms with Gasteiger partial charge in [-0.05, 0) is 27.8 Å². The van der Waals surface area contributed by atoms with Crippen LogP contribution in [0.2, 0.25) is 0 Å². The van der Waals surface area contributed by atoms with Gasteiger partial charge in [0.05, 0.1) is 6.33 Å². The topological polar surface area (TPSA) is 78.0 Å². The summed E-state index contributed by atoms with van der Waals surface area (Å²) in [6.45, 7) is 6.31. The van der Waals surface area contributed by atoms with Crippen molar-refractivity contribution in [2.75, 3.05) is 11.9 Å². The molecule has 1 atom stereocenters. The summed E-state index contributed by atoms with van der Waals surface area (Å²) < 4.78 is 0.382. The fraction of sp³-hybridized carbons (Fsp3) is 0.636. The Labute approximate surface area is 109 Å². The highest BCUT2D eigenvalue weighted by molar-refractivity contribution is 9.10. The highest BCUT2D eigenvalue weighted by Gasteiger charge is 2.25. The molecule has 0 saturated heterocycles. The van der Waals surface area contributed by atoms with Crippen LogP contribution in [0.25, 0.3) is 0 Å². The number of aromatic nitrogens is 2. The lowest BCUT2D eigenvalue weighted by molar-refractivity contribution is 0.235. The van der Waals surface area contributed by atoms with Gasteiger partial charge in [-0.3, -0.25) is 4.79 Å². The molecular weight excluding hydrogens is 286 g/mol. The number of nitrogens with one attached hydrogen (secondary N) is 2. The molecule has 6 heteroatoms. The second kappa shape index (κ2) is 5.64. The van der Waals surface area contributed by atoms with Gasteiger partial charge < -0.3 is 15.4 Å². The van der Waals surface area contributed by atoms with Gasteiger partial charge in [-0.1, -0.05) is 20.8 Å². The number of nitrogens with zero attached hydrogens (tertiary/aromatic N) is 1. The summed E-state index contributed by atoms with van der Waals surface area (Å²) >= 11 is 3.20. The van der Waals surface area contributed by atoms with Gasteiger partial charge in [-0.2, -0.15) is 0 Å². The molecule has 1 rings (SSSR count). The number of aromatic amines is 1. The van der Waals surface area contributed by atoms with Gasteiger partial charge in [-0.25, -0.2) is 4.98 Å². The maximum absolute atomic E-state index is 11.4. The largest absolute Gasteiger partial charge is 0.396 e. The molecule has 1 unspecified atom stereocenters. The number of rotatable bonds is 4. The first kappa shape index (κ1) is 14.2. The van der Waals surface area contributed by atoms with E-state index in [1.54, 1.807) is 0 Å². The van der Waals surface area contributed by atoms with Crippen LogP contribution < -0.4 is 10.9 Å². The smallest absolute Gasteiger partial charge is 0.267 e. The molecule has 0 aromatic carbocycles. The van der Waals surface area contributed by atoms with E-state index >= 15 is 0 Å². The molecule has 0 saturated carbocycles. The predicted molar refractivity (Wildman–Crippen MR) is 71.1 cm³/mol. The van der Waals surface area contributed by atoms with E-state index in [0.29, 0.717) is 16.7 Å². The molecule has 1 heterocycles. The van der Waals surface area contributed by atoms with Gasteiger partial charge in [0.25, 0.3) is 5.56 Å². The van der Waals surface area contributed by atoms with Gasteiger partial charge in [0, 0.05) is 12.6 Å². The highest BCUT2D eigenvalue weighted by Crippen LogP contribution is 2.26. The molecule has 1 aromatic heterocycles. The zero-order valence-electron chi connectivity index (χ0n) is 10.2. The minimum Gasteiger partial charge on any atom is -0.396 e. The molecule has 5 nitrogen and oxygen atoms in total. The molecule has 0 radical (unpaired) electrons. The van der Waals surface area contributed by atoms with Crippen molar-refractivity contribution in [3.8, 4) is 0 Å². The van der Waals surface area contributed by atoms with Crippen molar-refractivity contribution in [1.82, 2.24) is 9.97 Å². The molecule has 0 spiro atoms. The molecule has 0 aliphatic heterocycles. The van der Waals surface area contributed by atoms with Crippen LogP contribution in [0.5, 0.6) is 0 Å². The first-order valence-corrected chi connectivity index (χ1v) is 6.26. The Morgan fingerprint density at radius 3 is 2.76 bits per heavy atom. The Hall–Kier alpha value is -0.880. The minimum absolute atomic E-state index is 0.0353.